The van der Waals surface area contributed by atoms with Gasteiger partial charge in [-0.25, -0.2) is 18.4 Å². The van der Waals surface area contributed by atoms with Gasteiger partial charge in [0.25, 0.3) is 11.8 Å². The molecule has 0 aliphatic heterocycles. The molecule has 0 unspecified atom stereocenters. The van der Waals surface area contributed by atoms with Crippen LogP contribution in [0.3, 0.4) is 0 Å². The van der Waals surface area contributed by atoms with Gasteiger partial charge in [-0.2, -0.15) is 0 Å². The van der Waals surface area contributed by atoms with Gasteiger partial charge < -0.3 is 0 Å². The lowest BCUT2D eigenvalue weighted by Crippen LogP contribution is -2.42. The Morgan fingerprint density at radius 2 is 1.71 bits per heavy atom. The molecule has 0 spiro atoms. The predicted molar refractivity (Wildman–Crippen MR) is 89.2 cm³/mol. The van der Waals surface area contributed by atoms with Crippen molar-refractivity contribution in [3.8, 4) is 0 Å². The third kappa shape index (κ3) is 4.49. The number of amides is 2. The van der Waals surface area contributed by atoms with Crippen molar-refractivity contribution in [2.24, 2.45) is 0 Å². The summed E-state index contributed by atoms with van der Waals surface area (Å²) in [4.78, 5) is 31.3. The van der Waals surface area contributed by atoms with Crippen LogP contribution in [0.2, 0.25) is 5.02 Å². The van der Waals surface area contributed by atoms with Crippen LogP contribution in [0.4, 0.5) is 0 Å². The molecule has 2 N–H and O–H groups in total. The minimum Gasteiger partial charge on any atom is -0.267 e. The molecule has 1 aromatic carbocycles. The van der Waals surface area contributed by atoms with Crippen molar-refractivity contribution in [3.63, 3.8) is 0 Å². The molecule has 0 saturated heterocycles. The molecule has 24 heavy (non-hydrogen) atoms. The zero-order valence-corrected chi connectivity index (χ0v) is 15.2. The quantitative estimate of drug-likeness (QED) is 0.557. The van der Waals surface area contributed by atoms with E-state index in [1.165, 1.54) is 24.3 Å². The average molecular weight is 434 g/mol. The Morgan fingerprint density at radius 3 is 2.29 bits per heavy atom. The summed E-state index contributed by atoms with van der Waals surface area (Å²) in [6, 6.07) is 6.01. The smallest absolute Gasteiger partial charge is 0.267 e. The molecule has 1 heterocycles. The fraction of sp³-hybridized carbons (Fsp3) is 0.0769. The highest BCUT2D eigenvalue weighted by atomic mass is 79.9. The van der Waals surface area contributed by atoms with Gasteiger partial charge in [0, 0.05) is 23.0 Å². The van der Waals surface area contributed by atoms with E-state index < -0.39 is 26.8 Å². The van der Waals surface area contributed by atoms with Crippen LogP contribution >= 0.6 is 27.5 Å². The van der Waals surface area contributed by atoms with Crippen LogP contribution in [-0.2, 0) is 9.84 Å². The molecule has 0 aliphatic carbocycles. The number of hydrogen-bond acceptors (Lipinski definition) is 6. The van der Waals surface area contributed by atoms with Crippen molar-refractivity contribution < 1.29 is 18.0 Å². The number of rotatable bonds is 3. The molecule has 0 aliphatic rings. The molecule has 2 aromatic rings. The van der Waals surface area contributed by atoms with E-state index >= 15 is 0 Å². The van der Waals surface area contributed by atoms with Crippen LogP contribution in [0, 0.1) is 0 Å². The summed E-state index contributed by atoms with van der Waals surface area (Å²) in [6.45, 7) is 0. The number of benzene rings is 1. The van der Waals surface area contributed by atoms with E-state index in [-0.39, 0.29) is 15.7 Å². The number of carbonyl (C=O) groups is 2. The van der Waals surface area contributed by atoms with Gasteiger partial charge in [0.2, 0.25) is 15.0 Å². The fourth-order valence-corrected chi connectivity index (χ4v) is 2.53. The maximum Gasteiger partial charge on any atom is 0.289 e. The molecule has 0 saturated carbocycles. The Labute approximate surface area is 150 Å². The van der Waals surface area contributed by atoms with Crippen molar-refractivity contribution in [2.45, 2.75) is 5.16 Å². The molecule has 0 bridgehead atoms. The van der Waals surface area contributed by atoms with Gasteiger partial charge in [-0.1, -0.05) is 11.6 Å². The first kappa shape index (κ1) is 18.3. The Bertz CT molecular complexity index is 903. The maximum atomic E-state index is 12.1. The van der Waals surface area contributed by atoms with E-state index in [1.807, 2.05) is 0 Å². The molecule has 0 radical (unpaired) electrons. The van der Waals surface area contributed by atoms with Gasteiger partial charge in [-0.05, 0) is 40.2 Å². The number of carbonyl (C=O) groups excluding carboxylic acids is 2. The monoisotopic (exact) mass is 432 g/mol. The predicted octanol–water partition coefficient (Wildman–Crippen LogP) is 1.37. The molecule has 2 amide bonds. The normalized spacial score (nSPS) is 11.0. The summed E-state index contributed by atoms with van der Waals surface area (Å²) in [7, 11) is -3.68. The molecule has 0 fully saturated rings. The lowest BCUT2D eigenvalue weighted by Gasteiger charge is -2.08. The van der Waals surface area contributed by atoms with Crippen LogP contribution in [-0.4, -0.2) is 36.5 Å². The highest BCUT2D eigenvalue weighted by Crippen LogP contribution is 2.15. The van der Waals surface area contributed by atoms with Crippen LogP contribution in [0.5, 0.6) is 0 Å². The van der Waals surface area contributed by atoms with Crippen molar-refractivity contribution in [1.29, 1.82) is 0 Å². The number of sulfone groups is 1. The average Bonchev–Trinajstić information content (AvgIpc) is 2.52. The highest BCUT2D eigenvalue weighted by Gasteiger charge is 2.19. The van der Waals surface area contributed by atoms with Crippen molar-refractivity contribution >= 4 is 49.2 Å². The molecule has 2 rings (SSSR count). The second-order valence-electron chi connectivity index (χ2n) is 4.54. The van der Waals surface area contributed by atoms with Crippen LogP contribution in [0.1, 0.15) is 20.8 Å². The first-order chi connectivity index (χ1) is 11.2. The number of nitrogens with zero attached hydrogens (tertiary/aromatic N) is 2. The number of nitrogens with one attached hydrogen (secondary N) is 2. The van der Waals surface area contributed by atoms with Crippen LogP contribution in [0.25, 0.3) is 0 Å². The second-order valence-corrected chi connectivity index (χ2v) is 7.74. The van der Waals surface area contributed by atoms with E-state index in [2.05, 4.69) is 36.7 Å². The topological polar surface area (TPSA) is 118 Å². The lowest BCUT2D eigenvalue weighted by atomic mass is 10.2. The first-order valence-electron chi connectivity index (χ1n) is 6.27. The summed E-state index contributed by atoms with van der Waals surface area (Å²) in [6.07, 6.45) is 2.06. The van der Waals surface area contributed by atoms with E-state index in [4.69, 9.17) is 11.6 Å². The number of hydrazine groups is 1. The number of aromatic nitrogens is 2. The van der Waals surface area contributed by atoms with Crippen LogP contribution < -0.4 is 10.9 Å². The molecular formula is C13H10BrClN4O4S. The van der Waals surface area contributed by atoms with Crippen molar-refractivity contribution in [1.82, 2.24) is 20.8 Å². The minimum atomic E-state index is -3.68. The zero-order valence-electron chi connectivity index (χ0n) is 12.1. The first-order valence-corrected chi connectivity index (χ1v) is 9.33. The van der Waals surface area contributed by atoms with Crippen molar-refractivity contribution in [2.75, 3.05) is 6.26 Å². The molecule has 1 aromatic heterocycles. The van der Waals surface area contributed by atoms with Gasteiger partial charge in [0.1, 0.15) is 5.69 Å². The van der Waals surface area contributed by atoms with E-state index in [0.717, 1.165) is 12.5 Å². The SMILES string of the molecule is CS(=O)(=O)c1ncc(Br)c(C(=O)NNC(=O)c2ccc(Cl)cc2)n1. The van der Waals surface area contributed by atoms with Gasteiger partial charge >= 0.3 is 0 Å². The summed E-state index contributed by atoms with van der Waals surface area (Å²) in [5, 5.41) is -0.0336. The molecule has 11 heteroatoms. The largest absolute Gasteiger partial charge is 0.289 e. The summed E-state index contributed by atoms with van der Waals surface area (Å²) >= 11 is 8.77. The summed E-state index contributed by atoms with van der Waals surface area (Å²) in [5.41, 5.74) is 4.38. The zero-order chi connectivity index (χ0) is 17.9. The number of hydrogen-bond donors (Lipinski definition) is 2. The summed E-state index contributed by atoms with van der Waals surface area (Å²) < 4.78 is 23.1. The Morgan fingerprint density at radius 1 is 1.12 bits per heavy atom. The van der Waals surface area contributed by atoms with Gasteiger partial charge in [0.15, 0.2) is 0 Å². The van der Waals surface area contributed by atoms with Gasteiger partial charge in [-0.3, -0.25) is 20.4 Å². The Hall–Kier alpha value is -2.04. The molecule has 126 valence electrons. The third-order valence-corrected chi connectivity index (χ3v) is 4.36. The molecular weight excluding hydrogens is 424 g/mol. The molecule has 8 nitrogen and oxygen atoms in total. The highest BCUT2D eigenvalue weighted by molar-refractivity contribution is 9.10. The van der Waals surface area contributed by atoms with Crippen LogP contribution in [0.15, 0.2) is 40.1 Å². The second kappa shape index (κ2) is 7.24. The van der Waals surface area contributed by atoms with E-state index in [0.29, 0.717) is 5.02 Å². The molecule has 0 atom stereocenters. The minimum absolute atomic E-state index is 0.174. The Kier molecular flexibility index (Phi) is 5.52. The van der Waals surface area contributed by atoms with Gasteiger partial charge in [-0.15, -0.1) is 0 Å². The fourth-order valence-electron chi connectivity index (χ4n) is 1.53. The van der Waals surface area contributed by atoms with Crippen molar-refractivity contribution in [3.05, 3.63) is 51.2 Å². The van der Waals surface area contributed by atoms with E-state index in [9.17, 15) is 18.0 Å². The third-order valence-electron chi connectivity index (χ3n) is 2.66. The standard InChI is InChI=1S/C13H10BrClN4O4S/c1-24(22,23)13-16-6-9(14)10(17-13)12(21)19-18-11(20)7-2-4-8(15)5-3-7/h2-6H,1H3,(H,18,20)(H,19,21). The summed E-state index contributed by atoms with van der Waals surface area (Å²) in [5.74, 6) is -1.38. The van der Waals surface area contributed by atoms with E-state index in [1.54, 1.807) is 0 Å². The lowest BCUT2D eigenvalue weighted by molar-refractivity contribution is 0.0843. The maximum absolute atomic E-state index is 12.1. The number of halogens is 2. The Balaban J connectivity index is 2.12. The van der Waals surface area contributed by atoms with Gasteiger partial charge in [0.05, 0.1) is 4.47 Å².